The minimum atomic E-state index is -4.05. The second-order valence-corrected chi connectivity index (χ2v) is 10.8. The van der Waals surface area contributed by atoms with Crippen LogP contribution in [0.5, 0.6) is 5.75 Å². The van der Waals surface area contributed by atoms with Crippen LogP contribution in [0.3, 0.4) is 0 Å². The number of nitrogens with two attached hydrogens (primary N) is 1. The highest BCUT2D eigenvalue weighted by molar-refractivity contribution is 7.87. The lowest BCUT2D eigenvalue weighted by Crippen LogP contribution is -2.42. The van der Waals surface area contributed by atoms with E-state index in [2.05, 4.69) is 0 Å². The van der Waals surface area contributed by atoms with Crippen LogP contribution in [0.15, 0.2) is 108 Å². The molecular weight excluding hydrogens is 530 g/mol. The Kier molecular flexibility index (Phi) is 7.68. The Morgan fingerprint density at radius 2 is 1.32 bits per heavy atom. The first-order valence-corrected chi connectivity index (χ1v) is 14.0. The molecule has 8 nitrogen and oxygen atoms in total. The van der Waals surface area contributed by atoms with Crippen molar-refractivity contribution in [3.63, 3.8) is 0 Å². The number of carbonyl (C=O) groups is 2. The number of ether oxygens (including phenoxy) is 2. The number of hydrogen-bond donors (Lipinski definition) is 1. The van der Waals surface area contributed by atoms with Crippen LogP contribution in [0.4, 0.5) is 0 Å². The number of rotatable bonds is 9. The molecule has 204 valence electrons. The van der Waals surface area contributed by atoms with Crippen LogP contribution in [-0.4, -0.2) is 40.1 Å². The number of hydrogen-bond acceptors (Lipinski definition) is 8. The van der Waals surface area contributed by atoms with Gasteiger partial charge in [-0.15, -0.1) is 0 Å². The third kappa shape index (κ3) is 5.34. The Balaban J connectivity index is 1.31. The highest BCUT2D eigenvalue weighted by Gasteiger charge is 2.36. The van der Waals surface area contributed by atoms with Crippen molar-refractivity contribution in [2.45, 2.75) is 22.8 Å². The zero-order valence-electron chi connectivity index (χ0n) is 21.6. The molecule has 5 rings (SSSR count). The summed E-state index contributed by atoms with van der Waals surface area (Å²) < 4.78 is 40.8. The van der Waals surface area contributed by atoms with Crippen molar-refractivity contribution in [1.29, 1.82) is 0 Å². The molecule has 0 amide bonds. The Labute approximate surface area is 232 Å². The van der Waals surface area contributed by atoms with E-state index in [0.29, 0.717) is 5.56 Å². The van der Waals surface area contributed by atoms with Gasteiger partial charge in [-0.2, -0.15) is 8.42 Å². The van der Waals surface area contributed by atoms with Gasteiger partial charge in [0.05, 0.1) is 7.11 Å². The molecule has 0 spiro atoms. The largest absolute Gasteiger partial charge is 0.468 e. The molecule has 2 unspecified atom stereocenters. The van der Waals surface area contributed by atoms with Crippen LogP contribution in [0.1, 0.15) is 28.5 Å². The summed E-state index contributed by atoms with van der Waals surface area (Å²) in [5, 5.41) is 0. The fourth-order valence-corrected chi connectivity index (χ4v) is 5.90. The van der Waals surface area contributed by atoms with Crippen molar-refractivity contribution in [1.82, 2.24) is 0 Å². The molecule has 0 fully saturated rings. The molecule has 4 aromatic carbocycles. The summed E-state index contributed by atoms with van der Waals surface area (Å²) in [5.41, 5.74) is 10.9. The minimum Gasteiger partial charge on any atom is -0.468 e. The second-order valence-electron chi connectivity index (χ2n) is 9.30. The quantitative estimate of drug-likeness (QED) is 0.238. The van der Waals surface area contributed by atoms with Crippen LogP contribution < -0.4 is 9.92 Å². The molecule has 1 aliphatic carbocycles. The lowest BCUT2D eigenvalue weighted by atomic mass is 9.91. The predicted octanol–water partition coefficient (Wildman–Crippen LogP) is 4.39. The summed E-state index contributed by atoms with van der Waals surface area (Å²) in [6, 6.07) is 28.0. The monoisotopic (exact) mass is 557 g/mol. The Hall–Kier alpha value is -4.47. The molecule has 0 radical (unpaired) electrons. The van der Waals surface area contributed by atoms with Crippen molar-refractivity contribution >= 4 is 22.1 Å². The van der Waals surface area contributed by atoms with E-state index in [1.54, 1.807) is 18.2 Å². The fraction of sp³-hybridized carbons (Fsp3) is 0.161. The lowest BCUT2D eigenvalue weighted by molar-refractivity contribution is -0.152. The molecular formula is C31H27NO7S. The standard InChI is InChI=1S/C31H27NO7S/c1-37-30(33)28(20-15-17-21(18-16-20)39-40(35,36)22-9-3-2-4-10-22)29(32)31(34)38-19-27-25-13-7-5-11-23(25)24-12-6-8-14-26(24)27/h2-18,27-29H,19,32H2,1H3. The van der Waals surface area contributed by atoms with Gasteiger partial charge in [-0.1, -0.05) is 78.9 Å². The van der Waals surface area contributed by atoms with Crippen molar-refractivity contribution in [3.05, 3.63) is 120 Å². The van der Waals surface area contributed by atoms with E-state index in [4.69, 9.17) is 19.4 Å². The van der Waals surface area contributed by atoms with Crippen LogP contribution in [0.2, 0.25) is 0 Å². The molecule has 4 aromatic rings. The van der Waals surface area contributed by atoms with Crippen molar-refractivity contribution < 1.29 is 31.7 Å². The zero-order valence-corrected chi connectivity index (χ0v) is 22.4. The van der Waals surface area contributed by atoms with Gasteiger partial charge in [-0.3, -0.25) is 9.59 Å². The molecule has 0 bridgehead atoms. The fourth-order valence-electron chi connectivity index (χ4n) is 4.95. The van der Waals surface area contributed by atoms with Crippen molar-refractivity contribution in [3.8, 4) is 16.9 Å². The van der Waals surface area contributed by atoms with E-state index in [-0.39, 0.29) is 23.2 Å². The maximum absolute atomic E-state index is 13.1. The summed E-state index contributed by atoms with van der Waals surface area (Å²) in [5.74, 6) is -2.80. The molecule has 0 aromatic heterocycles. The van der Waals surface area contributed by atoms with Gasteiger partial charge in [-0.05, 0) is 52.1 Å². The van der Waals surface area contributed by atoms with Gasteiger partial charge in [0, 0.05) is 5.92 Å². The first-order valence-electron chi connectivity index (χ1n) is 12.6. The van der Waals surface area contributed by atoms with Gasteiger partial charge in [0.25, 0.3) is 0 Å². The summed E-state index contributed by atoms with van der Waals surface area (Å²) in [7, 11) is -2.85. The maximum atomic E-state index is 13.1. The van der Waals surface area contributed by atoms with Gasteiger partial charge < -0.3 is 19.4 Å². The Bertz CT molecular complexity index is 1590. The number of fused-ring (bicyclic) bond motifs is 3. The van der Waals surface area contributed by atoms with Gasteiger partial charge in [0.1, 0.15) is 29.2 Å². The van der Waals surface area contributed by atoms with Crippen LogP contribution in [0, 0.1) is 0 Å². The van der Waals surface area contributed by atoms with E-state index in [1.807, 2.05) is 48.5 Å². The summed E-state index contributed by atoms with van der Waals surface area (Å²) in [4.78, 5) is 25.8. The number of esters is 2. The van der Waals surface area contributed by atoms with Crippen LogP contribution in [-0.2, 0) is 29.2 Å². The molecule has 0 heterocycles. The third-order valence-electron chi connectivity index (χ3n) is 6.92. The summed E-state index contributed by atoms with van der Waals surface area (Å²) >= 11 is 0. The van der Waals surface area contributed by atoms with Gasteiger partial charge in [0.2, 0.25) is 0 Å². The molecule has 2 N–H and O–H groups in total. The number of methoxy groups -OCH3 is 1. The molecule has 2 atom stereocenters. The molecule has 1 aliphatic rings. The number of benzene rings is 4. The highest BCUT2D eigenvalue weighted by atomic mass is 32.2. The smallest absolute Gasteiger partial charge is 0.339 e. The van der Waals surface area contributed by atoms with E-state index in [0.717, 1.165) is 22.3 Å². The van der Waals surface area contributed by atoms with E-state index < -0.39 is 34.0 Å². The van der Waals surface area contributed by atoms with E-state index in [9.17, 15) is 18.0 Å². The van der Waals surface area contributed by atoms with Gasteiger partial charge >= 0.3 is 22.1 Å². The van der Waals surface area contributed by atoms with Crippen LogP contribution >= 0.6 is 0 Å². The highest BCUT2D eigenvalue weighted by Crippen LogP contribution is 2.44. The van der Waals surface area contributed by atoms with E-state index >= 15 is 0 Å². The summed E-state index contributed by atoms with van der Waals surface area (Å²) in [6.45, 7) is 0.0541. The Morgan fingerprint density at radius 3 is 1.90 bits per heavy atom. The maximum Gasteiger partial charge on any atom is 0.339 e. The first-order chi connectivity index (χ1) is 19.3. The zero-order chi connectivity index (χ0) is 28.3. The second kappa shape index (κ2) is 11.3. The normalized spacial score (nSPS) is 13.9. The molecule has 9 heteroatoms. The average molecular weight is 558 g/mol. The SMILES string of the molecule is COC(=O)C(c1ccc(OS(=O)(=O)c2ccccc2)cc1)C(N)C(=O)OCC1c2ccccc2-c2ccccc21. The van der Waals surface area contributed by atoms with Crippen LogP contribution in [0.25, 0.3) is 11.1 Å². The first kappa shape index (κ1) is 27.1. The van der Waals surface area contributed by atoms with Gasteiger partial charge in [-0.25, -0.2) is 0 Å². The predicted molar refractivity (Wildman–Crippen MR) is 148 cm³/mol. The molecule has 0 saturated heterocycles. The Morgan fingerprint density at radius 1 is 0.775 bits per heavy atom. The number of carbonyl (C=O) groups excluding carboxylic acids is 2. The topological polar surface area (TPSA) is 122 Å². The third-order valence-corrected chi connectivity index (χ3v) is 8.18. The molecule has 0 saturated carbocycles. The van der Waals surface area contributed by atoms with Crippen molar-refractivity contribution in [2.75, 3.05) is 13.7 Å². The molecule has 0 aliphatic heterocycles. The lowest BCUT2D eigenvalue weighted by Gasteiger charge is -2.22. The minimum absolute atomic E-state index is 0.00351. The van der Waals surface area contributed by atoms with Crippen molar-refractivity contribution in [2.24, 2.45) is 5.73 Å². The average Bonchev–Trinajstić information content (AvgIpc) is 3.30. The summed E-state index contributed by atoms with van der Waals surface area (Å²) in [6.07, 6.45) is 0. The molecule has 40 heavy (non-hydrogen) atoms. The van der Waals surface area contributed by atoms with Gasteiger partial charge in [0.15, 0.2) is 0 Å². The van der Waals surface area contributed by atoms with E-state index in [1.165, 1.54) is 43.5 Å².